The van der Waals surface area contributed by atoms with Gasteiger partial charge in [-0.05, 0) is 43.5 Å². The SMILES string of the molecule is Cc1cc(OCCO)c(C)c(C)c1N. The predicted octanol–water partition coefficient (Wildman–Crippen LogP) is 1.57. The molecule has 1 aromatic rings. The van der Waals surface area contributed by atoms with Crippen LogP contribution in [0.2, 0.25) is 0 Å². The fraction of sp³-hybridized carbons (Fsp3) is 0.455. The molecule has 0 saturated carbocycles. The van der Waals surface area contributed by atoms with Gasteiger partial charge in [0, 0.05) is 5.69 Å². The van der Waals surface area contributed by atoms with Crippen molar-refractivity contribution in [2.24, 2.45) is 0 Å². The fourth-order valence-electron chi connectivity index (χ4n) is 1.37. The lowest BCUT2D eigenvalue weighted by Crippen LogP contribution is -2.05. The molecule has 0 fully saturated rings. The maximum absolute atomic E-state index is 8.66. The van der Waals surface area contributed by atoms with Crippen molar-refractivity contribution in [2.45, 2.75) is 20.8 Å². The zero-order valence-electron chi connectivity index (χ0n) is 8.92. The highest BCUT2D eigenvalue weighted by Gasteiger charge is 2.08. The monoisotopic (exact) mass is 195 g/mol. The van der Waals surface area contributed by atoms with E-state index in [0.29, 0.717) is 6.61 Å². The van der Waals surface area contributed by atoms with E-state index in [-0.39, 0.29) is 6.61 Å². The fourth-order valence-corrected chi connectivity index (χ4v) is 1.37. The van der Waals surface area contributed by atoms with Gasteiger partial charge in [0.05, 0.1) is 6.61 Å². The molecule has 0 aliphatic carbocycles. The zero-order chi connectivity index (χ0) is 10.7. The number of benzene rings is 1. The Morgan fingerprint density at radius 3 is 2.50 bits per heavy atom. The molecular weight excluding hydrogens is 178 g/mol. The Labute approximate surface area is 84.5 Å². The van der Waals surface area contributed by atoms with Gasteiger partial charge in [-0.3, -0.25) is 0 Å². The number of ether oxygens (including phenoxy) is 1. The molecular formula is C11H17NO2. The third-order valence-corrected chi connectivity index (χ3v) is 2.46. The van der Waals surface area contributed by atoms with Crippen molar-refractivity contribution in [3.05, 3.63) is 22.8 Å². The highest BCUT2D eigenvalue weighted by molar-refractivity contribution is 5.60. The molecule has 0 aromatic heterocycles. The normalized spacial score (nSPS) is 10.3. The lowest BCUT2D eigenvalue weighted by molar-refractivity contribution is 0.200. The molecule has 3 N–H and O–H groups in total. The largest absolute Gasteiger partial charge is 0.491 e. The Morgan fingerprint density at radius 1 is 1.29 bits per heavy atom. The summed E-state index contributed by atoms with van der Waals surface area (Å²) >= 11 is 0. The first-order chi connectivity index (χ1) is 6.57. The Bertz CT molecular complexity index is 335. The van der Waals surface area contributed by atoms with Crippen LogP contribution in [0.5, 0.6) is 5.75 Å². The van der Waals surface area contributed by atoms with Gasteiger partial charge in [0.25, 0.3) is 0 Å². The second-order valence-electron chi connectivity index (χ2n) is 3.43. The van der Waals surface area contributed by atoms with Crippen molar-refractivity contribution in [3.8, 4) is 5.75 Å². The molecule has 1 aromatic carbocycles. The van der Waals surface area contributed by atoms with Crippen molar-refractivity contribution >= 4 is 5.69 Å². The van der Waals surface area contributed by atoms with Gasteiger partial charge in [0.2, 0.25) is 0 Å². The predicted molar refractivity (Wildman–Crippen MR) is 57.6 cm³/mol. The van der Waals surface area contributed by atoms with Gasteiger partial charge in [-0.2, -0.15) is 0 Å². The number of anilines is 1. The Kier molecular flexibility index (Phi) is 3.36. The minimum absolute atomic E-state index is 0.0297. The molecule has 78 valence electrons. The summed E-state index contributed by atoms with van der Waals surface area (Å²) in [6.45, 7) is 6.25. The zero-order valence-corrected chi connectivity index (χ0v) is 8.92. The van der Waals surface area contributed by atoms with Crippen LogP contribution in [0.15, 0.2) is 6.07 Å². The molecule has 0 atom stereocenters. The third-order valence-electron chi connectivity index (χ3n) is 2.46. The average molecular weight is 195 g/mol. The molecule has 0 aliphatic rings. The number of aliphatic hydroxyl groups is 1. The number of aliphatic hydroxyl groups excluding tert-OH is 1. The van der Waals surface area contributed by atoms with Crippen molar-refractivity contribution in [2.75, 3.05) is 18.9 Å². The average Bonchev–Trinajstić information content (AvgIpc) is 2.18. The van der Waals surface area contributed by atoms with E-state index in [1.54, 1.807) is 0 Å². The van der Waals surface area contributed by atoms with Crippen molar-refractivity contribution in [1.29, 1.82) is 0 Å². The lowest BCUT2D eigenvalue weighted by Gasteiger charge is -2.14. The van der Waals surface area contributed by atoms with Crippen molar-refractivity contribution < 1.29 is 9.84 Å². The van der Waals surface area contributed by atoms with Gasteiger partial charge in [-0.25, -0.2) is 0 Å². The molecule has 14 heavy (non-hydrogen) atoms. The smallest absolute Gasteiger partial charge is 0.123 e. The van der Waals surface area contributed by atoms with Crippen LogP contribution in [-0.2, 0) is 0 Å². The van der Waals surface area contributed by atoms with E-state index < -0.39 is 0 Å². The molecule has 0 radical (unpaired) electrons. The van der Waals surface area contributed by atoms with Gasteiger partial charge in [0.1, 0.15) is 12.4 Å². The van der Waals surface area contributed by atoms with Crippen LogP contribution >= 0.6 is 0 Å². The Balaban J connectivity index is 3.06. The second-order valence-corrected chi connectivity index (χ2v) is 3.43. The first kappa shape index (κ1) is 10.9. The third kappa shape index (κ3) is 1.99. The van der Waals surface area contributed by atoms with Gasteiger partial charge < -0.3 is 15.6 Å². The molecule has 3 heteroatoms. The number of hydrogen-bond acceptors (Lipinski definition) is 3. The molecule has 0 heterocycles. The second kappa shape index (κ2) is 4.33. The van der Waals surface area contributed by atoms with E-state index in [2.05, 4.69) is 0 Å². The van der Waals surface area contributed by atoms with Crippen LogP contribution in [0.3, 0.4) is 0 Å². The standard InChI is InChI=1S/C11H17NO2/c1-7-6-10(14-5-4-13)8(2)9(3)11(7)12/h6,13H,4-5,12H2,1-3H3. The van der Waals surface area contributed by atoms with Crippen LogP contribution < -0.4 is 10.5 Å². The van der Waals surface area contributed by atoms with Gasteiger partial charge in [-0.15, -0.1) is 0 Å². The summed E-state index contributed by atoms with van der Waals surface area (Å²) in [5.74, 6) is 0.809. The van der Waals surface area contributed by atoms with E-state index >= 15 is 0 Å². The molecule has 0 spiro atoms. The summed E-state index contributed by atoms with van der Waals surface area (Å²) in [5.41, 5.74) is 9.81. The molecule has 0 unspecified atom stereocenters. The summed E-state index contributed by atoms with van der Waals surface area (Å²) in [7, 11) is 0. The summed E-state index contributed by atoms with van der Waals surface area (Å²) in [6.07, 6.45) is 0. The molecule has 0 aliphatic heterocycles. The first-order valence-corrected chi connectivity index (χ1v) is 4.68. The molecule has 0 amide bonds. The summed E-state index contributed by atoms with van der Waals surface area (Å²) in [5, 5.41) is 8.66. The van der Waals surface area contributed by atoms with E-state index in [0.717, 1.165) is 28.1 Å². The number of aryl methyl sites for hydroxylation is 1. The van der Waals surface area contributed by atoms with Crippen molar-refractivity contribution in [1.82, 2.24) is 0 Å². The maximum atomic E-state index is 8.66. The highest BCUT2D eigenvalue weighted by Crippen LogP contribution is 2.28. The van der Waals surface area contributed by atoms with Crippen LogP contribution in [0.1, 0.15) is 16.7 Å². The lowest BCUT2D eigenvalue weighted by atomic mass is 10.0. The van der Waals surface area contributed by atoms with Gasteiger partial charge in [-0.1, -0.05) is 0 Å². The Hall–Kier alpha value is -1.22. The number of nitrogen functional groups attached to an aromatic ring is 1. The summed E-state index contributed by atoms with van der Waals surface area (Å²) in [4.78, 5) is 0. The molecule has 1 rings (SSSR count). The summed E-state index contributed by atoms with van der Waals surface area (Å²) in [6, 6.07) is 1.91. The Morgan fingerprint density at radius 2 is 1.93 bits per heavy atom. The topological polar surface area (TPSA) is 55.5 Å². The first-order valence-electron chi connectivity index (χ1n) is 4.68. The number of hydrogen-bond donors (Lipinski definition) is 2. The number of nitrogens with two attached hydrogens (primary N) is 1. The number of rotatable bonds is 3. The van der Waals surface area contributed by atoms with E-state index in [9.17, 15) is 0 Å². The van der Waals surface area contributed by atoms with Crippen LogP contribution in [-0.4, -0.2) is 18.3 Å². The minimum atomic E-state index is 0.0297. The van der Waals surface area contributed by atoms with Gasteiger partial charge in [0.15, 0.2) is 0 Å². The quantitative estimate of drug-likeness (QED) is 0.720. The van der Waals surface area contributed by atoms with E-state index in [1.807, 2.05) is 26.8 Å². The van der Waals surface area contributed by atoms with Crippen LogP contribution in [0.25, 0.3) is 0 Å². The molecule has 0 bridgehead atoms. The van der Waals surface area contributed by atoms with E-state index in [4.69, 9.17) is 15.6 Å². The molecule has 3 nitrogen and oxygen atoms in total. The van der Waals surface area contributed by atoms with Crippen LogP contribution in [0.4, 0.5) is 5.69 Å². The maximum Gasteiger partial charge on any atom is 0.123 e. The highest BCUT2D eigenvalue weighted by atomic mass is 16.5. The van der Waals surface area contributed by atoms with Crippen molar-refractivity contribution in [3.63, 3.8) is 0 Å². The van der Waals surface area contributed by atoms with E-state index in [1.165, 1.54) is 0 Å². The summed E-state index contributed by atoms with van der Waals surface area (Å²) < 4.78 is 5.40. The molecule has 0 saturated heterocycles. The van der Waals surface area contributed by atoms with Crippen LogP contribution in [0, 0.1) is 20.8 Å². The van der Waals surface area contributed by atoms with Gasteiger partial charge >= 0.3 is 0 Å². The minimum Gasteiger partial charge on any atom is -0.491 e.